The summed E-state index contributed by atoms with van der Waals surface area (Å²) in [4.78, 5) is 2.45. The Balaban J connectivity index is 1.98. The molecular weight excluding hydrogens is 214 g/mol. The molecule has 3 nitrogen and oxygen atoms in total. The van der Waals surface area contributed by atoms with Crippen LogP contribution in [-0.2, 0) is 12.8 Å². The average Bonchev–Trinajstić information content (AvgIpc) is 2.33. The molecule has 1 aliphatic heterocycles. The van der Waals surface area contributed by atoms with Gasteiger partial charge in [-0.15, -0.1) is 0 Å². The van der Waals surface area contributed by atoms with E-state index in [-0.39, 0.29) is 11.5 Å². The van der Waals surface area contributed by atoms with Gasteiger partial charge in [-0.25, -0.2) is 0 Å². The Labute approximate surface area is 102 Å². The molecule has 92 valence electrons. The van der Waals surface area contributed by atoms with Crippen LogP contribution in [0.15, 0.2) is 12.1 Å². The van der Waals surface area contributed by atoms with Crippen molar-refractivity contribution in [1.82, 2.24) is 4.90 Å². The number of nitrogens with zero attached hydrogens (tertiary/aromatic N) is 1. The highest BCUT2D eigenvalue weighted by Crippen LogP contribution is 2.41. The third kappa shape index (κ3) is 1.69. The van der Waals surface area contributed by atoms with Crippen LogP contribution in [0.2, 0.25) is 0 Å². The van der Waals surface area contributed by atoms with Crippen LogP contribution >= 0.6 is 0 Å². The summed E-state index contributed by atoms with van der Waals surface area (Å²) >= 11 is 0. The smallest absolute Gasteiger partial charge is 0.160 e. The number of aromatic hydroxyl groups is 2. The molecule has 0 radical (unpaired) electrons. The monoisotopic (exact) mass is 233 g/mol. The average molecular weight is 233 g/mol. The lowest BCUT2D eigenvalue weighted by Crippen LogP contribution is -2.47. The fourth-order valence-electron chi connectivity index (χ4n) is 3.45. The van der Waals surface area contributed by atoms with E-state index in [9.17, 15) is 10.2 Å². The molecule has 3 rings (SSSR count). The maximum absolute atomic E-state index is 9.94. The second-order valence-electron chi connectivity index (χ2n) is 5.43. The number of hydrogen-bond donors (Lipinski definition) is 2. The minimum atomic E-state index is 0.0198. The van der Waals surface area contributed by atoms with Crippen molar-refractivity contribution in [3.63, 3.8) is 0 Å². The molecule has 1 aromatic rings. The number of benzene rings is 1. The fraction of sp³-hybridized carbons (Fsp3) is 0.571. The zero-order chi connectivity index (χ0) is 12.0. The molecule has 1 saturated heterocycles. The van der Waals surface area contributed by atoms with Crippen LogP contribution in [0.25, 0.3) is 0 Å². The third-order valence-electron chi connectivity index (χ3n) is 4.45. The predicted molar refractivity (Wildman–Crippen MR) is 66.3 cm³/mol. The highest BCUT2D eigenvalue weighted by atomic mass is 16.3. The van der Waals surface area contributed by atoms with Crippen LogP contribution in [0.4, 0.5) is 0 Å². The van der Waals surface area contributed by atoms with Crippen LogP contribution in [0.3, 0.4) is 0 Å². The van der Waals surface area contributed by atoms with Gasteiger partial charge in [0.25, 0.3) is 0 Å². The predicted octanol–water partition coefficient (Wildman–Crippen LogP) is 1.91. The quantitative estimate of drug-likeness (QED) is 0.673. The molecule has 1 aromatic carbocycles. The Bertz CT molecular complexity index is 444. The summed E-state index contributed by atoms with van der Waals surface area (Å²) in [5, 5.41) is 19.5. The summed E-state index contributed by atoms with van der Waals surface area (Å²) in [6, 6.07) is 4.18. The van der Waals surface area contributed by atoms with Gasteiger partial charge in [-0.3, -0.25) is 0 Å². The van der Waals surface area contributed by atoms with Gasteiger partial charge in [0.1, 0.15) is 0 Å². The Kier molecular flexibility index (Phi) is 2.51. The lowest BCUT2D eigenvalue weighted by atomic mass is 9.75. The van der Waals surface area contributed by atoms with Crippen LogP contribution in [0, 0.1) is 5.92 Å². The molecule has 2 N–H and O–H groups in total. The summed E-state index contributed by atoms with van der Waals surface area (Å²) in [5.41, 5.74) is 2.18. The molecule has 0 bridgehead atoms. The van der Waals surface area contributed by atoms with Crippen molar-refractivity contribution in [3.8, 4) is 11.5 Å². The van der Waals surface area contributed by atoms with Crippen molar-refractivity contribution in [2.75, 3.05) is 13.6 Å². The molecule has 2 aliphatic rings. The molecule has 1 heterocycles. The van der Waals surface area contributed by atoms with E-state index in [1.807, 2.05) is 6.07 Å². The number of likely N-dealkylation sites (N-methyl/N-ethyl adjacent to an activating group) is 1. The Hall–Kier alpha value is -1.22. The molecule has 1 aliphatic carbocycles. The number of hydrogen-bond acceptors (Lipinski definition) is 3. The maximum atomic E-state index is 9.94. The van der Waals surface area contributed by atoms with Crippen molar-refractivity contribution in [2.45, 2.75) is 31.7 Å². The topological polar surface area (TPSA) is 43.7 Å². The van der Waals surface area contributed by atoms with Gasteiger partial charge in [-0.1, -0.05) is 6.07 Å². The first kappa shape index (κ1) is 10.9. The zero-order valence-corrected chi connectivity index (χ0v) is 10.2. The van der Waals surface area contributed by atoms with E-state index in [4.69, 9.17) is 0 Å². The molecule has 1 unspecified atom stereocenters. The number of fused-ring (bicyclic) bond motifs is 2. The molecule has 0 aromatic heterocycles. The van der Waals surface area contributed by atoms with Crippen LogP contribution in [0.5, 0.6) is 11.5 Å². The normalized spacial score (nSPS) is 28.5. The summed E-state index contributed by atoms with van der Waals surface area (Å²) in [6.07, 6.45) is 4.39. The number of rotatable bonds is 0. The molecule has 0 amide bonds. The highest BCUT2D eigenvalue weighted by Gasteiger charge is 2.35. The molecule has 17 heavy (non-hydrogen) atoms. The van der Waals surface area contributed by atoms with Crippen LogP contribution in [-0.4, -0.2) is 34.7 Å². The minimum absolute atomic E-state index is 0.0198. The van der Waals surface area contributed by atoms with Gasteiger partial charge in [0.15, 0.2) is 11.5 Å². The minimum Gasteiger partial charge on any atom is -0.504 e. The van der Waals surface area contributed by atoms with E-state index in [1.165, 1.54) is 24.9 Å². The first-order valence-corrected chi connectivity index (χ1v) is 6.39. The zero-order valence-electron chi connectivity index (χ0n) is 10.2. The van der Waals surface area contributed by atoms with Gasteiger partial charge in [0, 0.05) is 11.6 Å². The van der Waals surface area contributed by atoms with E-state index >= 15 is 0 Å². The van der Waals surface area contributed by atoms with Gasteiger partial charge >= 0.3 is 0 Å². The first-order chi connectivity index (χ1) is 8.16. The molecule has 2 atom stereocenters. The largest absolute Gasteiger partial charge is 0.504 e. The van der Waals surface area contributed by atoms with E-state index in [2.05, 4.69) is 11.9 Å². The summed E-state index contributed by atoms with van der Waals surface area (Å²) in [5.74, 6) is 0.759. The van der Waals surface area contributed by atoms with E-state index in [1.54, 1.807) is 6.07 Å². The second-order valence-corrected chi connectivity index (χ2v) is 5.43. The van der Waals surface area contributed by atoms with Gasteiger partial charge in [-0.2, -0.15) is 0 Å². The molecule has 0 saturated carbocycles. The van der Waals surface area contributed by atoms with Crippen molar-refractivity contribution in [3.05, 3.63) is 23.3 Å². The number of likely N-dealkylation sites (tertiary alicyclic amines) is 1. The molecule has 1 fully saturated rings. The number of phenolic OH excluding ortho intramolecular Hbond substituents is 2. The van der Waals surface area contributed by atoms with Crippen molar-refractivity contribution in [1.29, 1.82) is 0 Å². The Morgan fingerprint density at radius 3 is 2.88 bits per heavy atom. The third-order valence-corrected chi connectivity index (χ3v) is 4.45. The summed E-state index contributed by atoms with van der Waals surface area (Å²) < 4.78 is 0. The standard InChI is InChI=1S/C14H19NO2/c1-15-6-2-3-10-7-11-9(8-12(10)15)4-5-13(16)14(11)17/h4-5,10,12,16-17H,2-3,6-8H2,1H3/t10?,12-/m0/s1. The van der Waals surface area contributed by atoms with Crippen molar-refractivity contribution in [2.24, 2.45) is 5.92 Å². The SMILES string of the molecule is CN1CCCC2Cc3c(ccc(O)c3O)C[C@@H]21. The van der Waals surface area contributed by atoms with Gasteiger partial charge < -0.3 is 15.1 Å². The summed E-state index contributed by atoms with van der Waals surface area (Å²) in [7, 11) is 2.20. The van der Waals surface area contributed by atoms with Gasteiger partial charge in [0.2, 0.25) is 0 Å². The van der Waals surface area contributed by atoms with E-state index < -0.39 is 0 Å². The van der Waals surface area contributed by atoms with Crippen LogP contribution < -0.4 is 0 Å². The first-order valence-electron chi connectivity index (χ1n) is 6.39. The highest BCUT2D eigenvalue weighted by molar-refractivity contribution is 5.50. The number of phenols is 2. The molecule has 0 spiro atoms. The Morgan fingerprint density at radius 2 is 2.06 bits per heavy atom. The van der Waals surface area contributed by atoms with E-state index in [0.29, 0.717) is 12.0 Å². The van der Waals surface area contributed by atoms with E-state index in [0.717, 1.165) is 18.4 Å². The fourth-order valence-corrected chi connectivity index (χ4v) is 3.45. The van der Waals surface area contributed by atoms with Gasteiger partial charge in [0.05, 0.1) is 0 Å². The van der Waals surface area contributed by atoms with Crippen molar-refractivity contribution < 1.29 is 10.2 Å². The second kappa shape index (κ2) is 3.91. The van der Waals surface area contributed by atoms with Gasteiger partial charge in [-0.05, 0) is 56.8 Å². The summed E-state index contributed by atoms with van der Waals surface area (Å²) in [6.45, 7) is 1.18. The lowest BCUT2D eigenvalue weighted by molar-refractivity contribution is 0.111. The lowest BCUT2D eigenvalue weighted by Gasteiger charge is -2.43. The molecular formula is C14H19NO2. The number of piperidine rings is 1. The Morgan fingerprint density at radius 1 is 1.24 bits per heavy atom. The molecule has 3 heteroatoms. The van der Waals surface area contributed by atoms with Crippen molar-refractivity contribution >= 4 is 0 Å². The van der Waals surface area contributed by atoms with Crippen LogP contribution in [0.1, 0.15) is 24.0 Å². The maximum Gasteiger partial charge on any atom is 0.160 e.